The molecule has 1 aliphatic rings. The van der Waals surface area contributed by atoms with Gasteiger partial charge < -0.3 is 5.73 Å². The van der Waals surface area contributed by atoms with Crippen molar-refractivity contribution in [1.29, 1.82) is 0 Å². The fourth-order valence-electron chi connectivity index (χ4n) is 2.49. The van der Waals surface area contributed by atoms with Crippen LogP contribution in [0.1, 0.15) is 42.5 Å². The van der Waals surface area contributed by atoms with Gasteiger partial charge in [-0.2, -0.15) is 0 Å². The third kappa shape index (κ3) is 2.93. The van der Waals surface area contributed by atoms with E-state index in [1.54, 1.807) is 0 Å². The summed E-state index contributed by atoms with van der Waals surface area (Å²) in [5.74, 6) is 0. The van der Waals surface area contributed by atoms with Crippen LogP contribution in [0.15, 0.2) is 10.3 Å². The molecule has 1 aromatic heterocycles. The summed E-state index contributed by atoms with van der Waals surface area (Å²) < 4.78 is 27.6. The van der Waals surface area contributed by atoms with Crippen molar-refractivity contribution in [2.24, 2.45) is 5.73 Å². The lowest BCUT2D eigenvalue weighted by atomic mass is 9.96. The molecule has 6 heteroatoms. The molecule has 0 amide bonds. The molecule has 1 aromatic rings. The van der Waals surface area contributed by atoms with Gasteiger partial charge in [-0.3, -0.25) is 0 Å². The highest BCUT2D eigenvalue weighted by atomic mass is 32.2. The summed E-state index contributed by atoms with van der Waals surface area (Å²) in [4.78, 5) is 1.15. The van der Waals surface area contributed by atoms with Crippen LogP contribution in [-0.2, 0) is 16.6 Å². The van der Waals surface area contributed by atoms with Gasteiger partial charge in [-0.1, -0.05) is 19.3 Å². The second-order valence-corrected chi connectivity index (χ2v) is 7.45. The van der Waals surface area contributed by atoms with Crippen LogP contribution in [0.5, 0.6) is 0 Å². The van der Waals surface area contributed by atoms with Gasteiger partial charge in [0, 0.05) is 17.5 Å². The molecule has 3 N–H and O–H groups in total. The molecule has 0 atom stereocenters. The van der Waals surface area contributed by atoms with E-state index in [0.29, 0.717) is 4.90 Å². The average molecular weight is 288 g/mol. The van der Waals surface area contributed by atoms with Gasteiger partial charge in [0.25, 0.3) is 0 Å². The Morgan fingerprint density at radius 2 is 2.06 bits per heavy atom. The summed E-state index contributed by atoms with van der Waals surface area (Å²) in [6.45, 7) is 2.10. The third-order valence-corrected chi connectivity index (χ3v) is 6.38. The number of hydrogen-bond donors (Lipinski definition) is 2. The number of rotatable bonds is 4. The standard InChI is InChI=1S/C12H20N2O2S2/c1-9-8-17-11(7-13)12(9)18(15,16)14-10-5-3-2-4-6-10/h8,10,14H,2-7,13H2,1H3. The van der Waals surface area contributed by atoms with Crippen LogP contribution in [0.4, 0.5) is 0 Å². The number of nitrogens with two attached hydrogens (primary N) is 1. The topological polar surface area (TPSA) is 72.2 Å². The molecule has 102 valence electrons. The molecule has 1 saturated carbocycles. The van der Waals surface area contributed by atoms with Gasteiger partial charge >= 0.3 is 0 Å². The van der Waals surface area contributed by atoms with E-state index in [9.17, 15) is 8.42 Å². The minimum atomic E-state index is -3.41. The number of sulfonamides is 1. The molecule has 0 unspecified atom stereocenters. The van der Waals surface area contributed by atoms with Crippen molar-refractivity contribution in [3.05, 3.63) is 15.8 Å². The molecule has 18 heavy (non-hydrogen) atoms. The Kier molecular flexibility index (Phi) is 4.42. The van der Waals surface area contributed by atoms with Crippen molar-refractivity contribution in [3.8, 4) is 0 Å². The van der Waals surface area contributed by atoms with Crippen LogP contribution in [0.25, 0.3) is 0 Å². The Hall–Kier alpha value is -0.430. The van der Waals surface area contributed by atoms with E-state index in [4.69, 9.17) is 5.73 Å². The molecule has 0 saturated heterocycles. The van der Waals surface area contributed by atoms with Gasteiger partial charge in [0.05, 0.1) is 0 Å². The van der Waals surface area contributed by atoms with Crippen LogP contribution in [0, 0.1) is 6.92 Å². The molecular weight excluding hydrogens is 268 g/mol. The zero-order chi connectivity index (χ0) is 13.2. The van der Waals surface area contributed by atoms with E-state index in [1.807, 2.05) is 12.3 Å². The quantitative estimate of drug-likeness (QED) is 0.891. The first-order valence-electron chi connectivity index (χ1n) is 6.34. The fraction of sp³-hybridized carbons (Fsp3) is 0.667. The van der Waals surface area contributed by atoms with Crippen molar-refractivity contribution in [2.45, 2.75) is 56.5 Å². The zero-order valence-corrected chi connectivity index (χ0v) is 12.2. The molecule has 0 bridgehead atoms. The van der Waals surface area contributed by atoms with E-state index in [2.05, 4.69) is 4.72 Å². The molecule has 0 aromatic carbocycles. The Morgan fingerprint density at radius 3 is 2.67 bits per heavy atom. The van der Waals surface area contributed by atoms with Gasteiger partial charge in [0.1, 0.15) is 4.90 Å². The van der Waals surface area contributed by atoms with Gasteiger partial charge in [-0.25, -0.2) is 13.1 Å². The van der Waals surface area contributed by atoms with Crippen molar-refractivity contribution < 1.29 is 8.42 Å². The molecular formula is C12H20N2O2S2. The summed E-state index contributed by atoms with van der Waals surface area (Å²) in [6, 6.07) is 0.0914. The maximum Gasteiger partial charge on any atom is 0.242 e. The highest BCUT2D eigenvalue weighted by Gasteiger charge is 2.26. The molecule has 0 radical (unpaired) electrons. The van der Waals surface area contributed by atoms with Crippen LogP contribution in [0.3, 0.4) is 0 Å². The van der Waals surface area contributed by atoms with Crippen LogP contribution >= 0.6 is 11.3 Å². The molecule has 1 fully saturated rings. The predicted molar refractivity (Wildman–Crippen MR) is 74.1 cm³/mol. The highest BCUT2D eigenvalue weighted by Crippen LogP contribution is 2.27. The van der Waals surface area contributed by atoms with Crippen LogP contribution in [0.2, 0.25) is 0 Å². The fourth-order valence-corrected chi connectivity index (χ4v) is 5.50. The first-order chi connectivity index (χ1) is 8.54. The Labute approximate surface area is 113 Å². The number of aryl methyl sites for hydroxylation is 1. The second kappa shape index (κ2) is 5.69. The predicted octanol–water partition coefficient (Wildman–Crippen LogP) is 2.13. The Morgan fingerprint density at radius 1 is 1.39 bits per heavy atom. The summed E-state index contributed by atoms with van der Waals surface area (Å²) >= 11 is 1.42. The first-order valence-corrected chi connectivity index (χ1v) is 8.70. The SMILES string of the molecule is Cc1csc(CN)c1S(=O)(=O)NC1CCCCC1. The van der Waals surface area contributed by atoms with Crippen molar-refractivity contribution in [1.82, 2.24) is 4.72 Å². The van der Waals surface area contributed by atoms with E-state index < -0.39 is 10.0 Å². The van der Waals surface area contributed by atoms with Crippen molar-refractivity contribution >= 4 is 21.4 Å². The van der Waals surface area contributed by atoms with E-state index >= 15 is 0 Å². The monoisotopic (exact) mass is 288 g/mol. The molecule has 2 rings (SSSR count). The lowest BCUT2D eigenvalue weighted by Crippen LogP contribution is -2.36. The van der Waals surface area contributed by atoms with Gasteiger partial charge in [0.2, 0.25) is 10.0 Å². The molecule has 1 heterocycles. The third-order valence-electron chi connectivity index (χ3n) is 3.37. The minimum absolute atomic E-state index is 0.0914. The Balaban J connectivity index is 2.21. The van der Waals surface area contributed by atoms with E-state index in [1.165, 1.54) is 17.8 Å². The van der Waals surface area contributed by atoms with Gasteiger partial charge in [-0.05, 0) is 30.7 Å². The minimum Gasteiger partial charge on any atom is -0.326 e. The zero-order valence-electron chi connectivity index (χ0n) is 10.6. The number of nitrogens with one attached hydrogen (secondary N) is 1. The van der Waals surface area contributed by atoms with Crippen LogP contribution < -0.4 is 10.5 Å². The maximum atomic E-state index is 12.4. The van der Waals surface area contributed by atoms with Crippen LogP contribution in [-0.4, -0.2) is 14.5 Å². The highest BCUT2D eigenvalue weighted by molar-refractivity contribution is 7.89. The summed E-state index contributed by atoms with van der Waals surface area (Å²) in [7, 11) is -3.41. The lowest BCUT2D eigenvalue weighted by molar-refractivity contribution is 0.412. The Bertz CT molecular complexity index is 502. The molecule has 0 spiro atoms. The van der Waals surface area contributed by atoms with Crippen molar-refractivity contribution in [3.63, 3.8) is 0 Å². The summed E-state index contributed by atoms with van der Waals surface area (Å²) in [6.07, 6.45) is 5.32. The maximum absolute atomic E-state index is 12.4. The molecule has 0 aliphatic heterocycles. The van der Waals surface area contributed by atoms with Gasteiger partial charge in [0.15, 0.2) is 0 Å². The average Bonchev–Trinajstić information content (AvgIpc) is 2.72. The summed E-state index contributed by atoms with van der Waals surface area (Å²) in [5, 5.41) is 1.86. The number of hydrogen-bond acceptors (Lipinski definition) is 4. The summed E-state index contributed by atoms with van der Waals surface area (Å²) in [5.41, 5.74) is 6.41. The van der Waals surface area contributed by atoms with Crippen molar-refractivity contribution in [2.75, 3.05) is 0 Å². The lowest BCUT2D eigenvalue weighted by Gasteiger charge is -2.22. The van der Waals surface area contributed by atoms with E-state index in [0.717, 1.165) is 36.1 Å². The normalized spacial score (nSPS) is 18.1. The first kappa shape index (κ1) is 14.0. The number of thiophene rings is 1. The smallest absolute Gasteiger partial charge is 0.242 e. The molecule has 1 aliphatic carbocycles. The molecule has 4 nitrogen and oxygen atoms in total. The van der Waals surface area contributed by atoms with E-state index in [-0.39, 0.29) is 12.6 Å². The largest absolute Gasteiger partial charge is 0.326 e. The van der Waals surface area contributed by atoms with Gasteiger partial charge in [-0.15, -0.1) is 11.3 Å². The second-order valence-electron chi connectivity index (χ2n) is 4.83.